The molecule has 2 aromatic carbocycles. The molecule has 2 N–H and O–H groups in total. The van der Waals surface area contributed by atoms with Crippen molar-refractivity contribution in [3.05, 3.63) is 94.9 Å². The van der Waals surface area contributed by atoms with Gasteiger partial charge in [0.15, 0.2) is 0 Å². The van der Waals surface area contributed by atoms with Crippen molar-refractivity contribution in [3.8, 4) is 17.0 Å². The van der Waals surface area contributed by atoms with Crippen LogP contribution in [-0.2, 0) is 13.5 Å². The van der Waals surface area contributed by atoms with Gasteiger partial charge in [0.2, 0.25) is 5.88 Å². The first-order valence-electron chi connectivity index (χ1n) is 11.5. The molecule has 0 aliphatic carbocycles. The fourth-order valence-corrected chi connectivity index (χ4v) is 4.64. The minimum atomic E-state index is -0.0991. The molecule has 34 heavy (non-hydrogen) atoms. The highest BCUT2D eigenvalue weighted by Crippen LogP contribution is 2.34. The second-order valence-corrected chi connectivity index (χ2v) is 9.12. The van der Waals surface area contributed by atoms with Crippen molar-refractivity contribution in [3.63, 3.8) is 0 Å². The summed E-state index contributed by atoms with van der Waals surface area (Å²) in [4.78, 5) is 4.62. The van der Waals surface area contributed by atoms with Gasteiger partial charge in [0.05, 0.1) is 24.5 Å². The minimum Gasteiger partial charge on any atom is -0.469 e. The maximum atomic E-state index is 6.41. The van der Waals surface area contributed by atoms with Crippen molar-refractivity contribution in [2.75, 3.05) is 18.4 Å². The third kappa shape index (κ3) is 4.93. The quantitative estimate of drug-likeness (QED) is 0.386. The van der Waals surface area contributed by atoms with Crippen LogP contribution in [0.25, 0.3) is 11.1 Å². The Kier molecular flexibility index (Phi) is 6.52. The van der Waals surface area contributed by atoms with Crippen LogP contribution in [0.2, 0.25) is 5.02 Å². The molecular formula is C27H28ClN5O. The number of aryl methyl sites for hydroxylation is 2. The van der Waals surface area contributed by atoms with Gasteiger partial charge < -0.3 is 15.4 Å². The van der Waals surface area contributed by atoms with E-state index < -0.39 is 0 Å². The van der Waals surface area contributed by atoms with Crippen LogP contribution in [0.4, 0.5) is 5.69 Å². The molecule has 0 fully saturated rings. The summed E-state index contributed by atoms with van der Waals surface area (Å²) in [6, 6.07) is 18.6. The van der Waals surface area contributed by atoms with E-state index in [1.165, 1.54) is 16.7 Å². The van der Waals surface area contributed by atoms with E-state index in [0.717, 1.165) is 34.8 Å². The Balaban J connectivity index is 1.32. The van der Waals surface area contributed by atoms with Gasteiger partial charge in [-0.05, 0) is 54.8 Å². The molecule has 0 saturated carbocycles. The summed E-state index contributed by atoms with van der Waals surface area (Å²) in [5, 5.41) is 12.3. The monoisotopic (exact) mass is 473 g/mol. The van der Waals surface area contributed by atoms with Gasteiger partial charge in [-0.3, -0.25) is 4.68 Å². The van der Waals surface area contributed by atoms with E-state index in [4.69, 9.17) is 16.3 Å². The molecule has 4 aromatic rings. The topological polar surface area (TPSA) is 64.0 Å². The zero-order valence-electron chi connectivity index (χ0n) is 19.3. The number of hydrogen-bond acceptors (Lipinski definition) is 5. The molecule has 2 aromatic heterocycles. The predicted molar refractivity (Wildman–Crippen MR) is 136 cm³/mol. The lowest BCUT2D eigenvalue weighted by Gasteiger charge is -2.33. The fraction of sp³-hybridized carbons (Fsp3) is 0.259. The molecule has 1 aliphatic rings. The lowest BCUT2D eigenvalue weighted by atomic mass is 9.99. The number of halogens is 1. The van der Waals surface area contributed by atoms with Gasteiger partial charge >= 0.3 is 0 Å². The highest BCUT2D eigenvalue weighted by atomic mass is 35.5. The fourth-order valence-electron chi connectivity index (χ4n) is 4.41. The summed E-state index contributed by atoms with van der Waals surface area (Å²) < 4.78 is 8.20. The van der Waals surface area contributed by atoms with Crippen molar-refractivity contribution in [2.24, 2.45) is 7.05 Å². The third-order valence-electron chi connectivity index (χ3n) is 6.24. The zero-order valence-corrected chi connectivity index (χ0v) is 20.1. The second kappa shape index (κ2) is 9.87. The van der Waals surface area contributed by atoms with E-state index in [1.54, 1.807) is 4.68 Å². The van der Waals surface area contributed by atoms with Crippen LogP contribution in [0.1, 0.15) is 22.7 Å². The average Bonchev–Trinajstić information content (AvgIpc) is 3.29. The van der Waals surface area contributed by atoms with Crippen molar-refractivity contribution >= 4 is 17.3 Å². The molecule has 0 saturated heterocycles. The van der Waals surface area contributed by atoms with Crippen LogP contribution in [0, 0.1) is 6.92 Å². The number of pyridine rings is 1. The molecule has 0 radical (unpaired) electrons. The van der Waals surface area contributed by atoms with Crippen LogP contribution in [0.5, 0.6) is 5.88 Å². The lowest BCUT2D eigenvalue weighted by molar-refractivity contribution is 0.150. The Morgan fingerprint density at radius 1 is 1.15 bits per heavy atom. The maximum Gasteiger partial charge on any atom is 0.237 e. The van der Waals surface area contributed by atoms with Gasteiger partial charge in [0.25, 0.3) is 0 Å². The number of benzene rings is 2. The number of ether oxygens (including phenoxy) is 1. The summed E-state index contributed by atoms with van der Waals surface area (Å²) in [6.45, 7) is 3.60. The number of nitrogens with zero attached hydrogens (tertiary/aromatic N) is 3. The van der Waals surface area contributed by atoms with Crippen LogP contribution in [-0.4, -0.2) is 34.0 Å². The number of hydrogen-bond donors (Lipinski definition) is 2. The largest absolute Gasteiger partial charge is 0.469 e. The molecule has 0 unspecified atom stereocenters. The maximum absolute atomic E-state index is 6.41. The first-order valence-corrected chi connectivity index (χ1v) is 11.9. The molecule has 3 heterocycles. The van der Waals surface area contributed by atoms with Gasteiger partial charge in [-0.2, -0.15) is 5.10 Å². The molecule has 2 atom stereocenters. The number of nitrogens with one attached hydrogen (secondary N) is 2. The lowest BCUT2D eigenvalue weighted by Crippen LogP contribution is -2.43. The van der Waals surface area contributed by atoms with Gasteiger partial charge in [-0.15, -0.1) is 0 Å². The third-order valence-corrected chi connectivity index (χ3v) is 6.47. The SMILES string of the molecule is Cc1cc(Cl)ccc1CCN[C@H](c1ccccc1)[C@@H]1CNc2cc(-c3cnn(C)c3)cnc2O1. The Morgan fingerprint density at radius 2 is 2.00 bits per heavy atom. The van der Waals surface area contributed by atoms with E-state index in [-0.39, 0.29) is 12.1 Å². The molecule has 7 heteroatoms. The van der Waals surface area contributed by atoms with E-state index in [2.05, 4.69) is 64.0 Å². The highest BCUT2D eigenvalue weighted by molar-refractivity contribution is 6.30. The van der Waals surface area contributed by atoms with Crippen molar-refractivity contribution in [1.82, 2.24) is 20.1 Å². The van der Waals surface area contributed by atoms with Gasteiger partial charge in [0.1, 0.15) is 6.10 Å². The Hall–Kier alpha value is -3.35. The summed E-state index contributed by atoms with van der Waals surface area (Å²) in [5.74, 6) is 0.625. The smallest absolute Gasteiger partial charge is 0.237 e. The first kappa shape index (κ1) is 22.4. The standard InChI is InChI=1S/C27H28ClN5O/c1-18-12-23(28)9-8-19(18)10-11-29-26(20-6-4-3-5-7-20)25-16-30-24-13-21(14-31-27(24)34-25)22-15-32-33(2)17-22/h3-9,12-15,17,25-26,29-30H,10-11,16H2,1-2H3/t25-,26+/m0/s1. The molecule has 0 bridgehead atoms. The van der Waals surface area contributed by atoms with E-state index >= 15 is 0 Å². The zero-order chi connectivity index (χ0) is 23.5. The second-order valence-electron chi connectivity index (χ2n) is 8.68. The molecule has 0 amide bonds. The number of rotatable bonds is 7. The molecule has 6 nitrogen and oxygen atoms in total. The van der Waals surface area contributed by atoms with Gasteiger partial charge in [-0.1, -0.05) is 48.0 Å². The van der Waals surface area contributed by atoms with Gasteiger partial charge in [0, 0.05) is 35.6 Å². The van der Waals surface area contributed by atoms with Crippen molar-refractivity contribution in [2.45, 2.75) is 25.5 Å². The molecule has 5 rings (SSSR count). The summed E-state index contributed by atoms with van der Waals surface area (Å²) in [5.41, 5.74) is 6.64. The molecule has 1 aliphatic heterocycles. The van der Waals surface area contributed by atoms with Crippen molar-refractivity contribution < 1.29 is 4.74 Å². The van der Waals surface area contributed by atoms with Crippen molar-refractivity contribution in [1.29, 1.82) is 0 Å². The molecular weight excluding hydrogens is 446 g/mol. The van der Waals surface area contributed by atoms with Crippen LogP contribution < -0.4 is 15.4 Å². The predicted octanol–water partition coefficient (Wildman–Crippen LogP) is 5.19. The van der Waals surface area contributed by atoms with Crippen LogP contribution in [0.3, 0.4) is 0 Å². The first-order chi connectivity index (χ1) is 16.6. The summed E-state index contributed by atoms with van der Waals surface area (Å²) >= 11 is 6.12. The van der Waals surface area contributed by atoms with Gasteiger partial charge in [-0.25, -0.2) is 4.98 Å². The summed E-state index contributed by atoms with van der Waals surface area (Å²) in [6.07, 6.45) is 6.48. The Morgan fingerprint density at radius 3 is 2.76 bits per heavy atom. The van der Waals surface area contributed by atoms with E-state index in [9.17, 15) is 0 Å². The number of aromatic nitrogens is 3. The Labute approximate surface area is 204 Å². The highest BCUT2D eigenvalue weighted by Gasteiger charge is 2.29. The summed E-state index contributed by atoms with van der Waals surface area (Å²) in [7, 11) is 1.91. The van der Waals surface area contributed by atoms with Crippen LogP contribution >= 0.6 is 11.6 Å². The van der Waals surface area contributed by atoms with Crippen LogP contribution in [0.15, 0.2) is 73.2 Å². The number of anilines is 1. The Bertz CT molecular complexity index is 1270. The molecule has 0 spiro atoms. The van der Waals surface area contributed by atoms with E-state index in [1.807, 2.05) is 43.8 Å². The number of fused-ring (bicyclic) bond motifs is 1. The minimum absolute atomic E-state index is 0.0225. The normalized spacial score (nSPS) is 15.8. The van der Waals surface area contributed by atoms with E-state index in [0.29, 0.717) is 12.4 Å². The molecule has 174 valence electrons. The average molecular weight is 474 g/mol.